The van der Waals surface area contributed by atoms with Crippen molar-refractivity contribution in [1.29, 1.82) is 0 Å². The van der Waals surface area contributed by atoms with Gasteiger partial charge in [0.1, 0.15) is 0 Å². The SMILES string of the molecule is CCNC1CCCN(c2ccc(Br)cc2CC)C1. The van der Waals surface area contributed by atoms with Crippen molar-refractivity contribution in [1.82, 2.24) is 5.32 Å². The number of hydrogen-bond acceptors (Lipinski definition) is 2. The summed E-state index contributed by atoms with van der Waals surface area (Å²) in [6.45, 7) is 7.82. The Labute approximate surface area is 119 Å². The molecule has 0 aliphatic carbocycles. The summed E-state index contributed by atoms with van der Waals surface area (Å²) < 4.78 is 1.18. The van der Waals surface area contributed by atoms with Crippen LogP contribution in [0.2, 0.25) is 0 Å². The molecular formula is C15H23BrN2. The van der Waals surface area contributed by atoms with E-state index in [0.717, 1.165) is 19.5 Å². The van der Waals surface area contributed by atoms with E-state index in [1.165, 1.54) is 35.1 Å². The van der Waals surface area contributed by atoms with Crippen molar-refractivity contribution >= 4 is 21.6 Å². The highest BCUT2D eigenvalue weighted by molar-refractivity contribution is 9.10. The molecule has 0 bridgehead atoms. The molecule has 2 rings (SSSR count). The monoisotopic (exact) mass is 310 g/mol. The number of aryl methyl sites for hydroxylation is 1. The summed E-state index contributed by atoms with van der Waals surface area (Å²) in [4.78, 5) is 2.54. The normalized spacial score (nSPS) is 20.2. The first-order valence-corrected chi connectivity index (χ1v) is 7.80. The molecule has 0 spiro atoms. The van der Waals surface area contributed by atoms with Crippen LogP contribution in [0.3, 0.4) is 0 Å². The van der Waals surface area contributed by atoms with Gasteiger partial charge in [0.05, 0.1) is 0 Å². The van der Waals surface area contributed by atoms with Crippen molar-refractivity contribution in [3.8, 4) is 0 Å². The van der Waals surface area contributed by atoms with E-state index in [9.17, 15) is 0 Å². The molecule has 2 nitrogen and oxygen atoms in total. The Kier molecular flexibility index (Phi) is 5.07. The van der Waals surface area contributed by atoms with Gasteiger partial charge in [-0.3, -0.25) is 0 Å². The van der Waals surface area contributed by atoms with E-state index < -0.39 is 0 Å². The largest absolute Gasteiger partial charge is 0.370 e. The van der Waals surface area contributed by atoms with Crippen LogP contribution in [0.25, 0.3) is 0 Å². The lowest BCUT2D eigenvalue weighted by Gasteiger charge is -2.36. The second-order valence-corrected chi connectivity index (χ2v) is 5.89. The highest BCUT2D eigenvalue weighted by Crippen LogP contribution is 2.27. The molecule has 1 atom stereocenters. The third-order valence-corrected chi connectivity index (χ3v) is 4.17. The summed E-state index contributed by atoms with van der Waals surface area (Å²) in [7, 11) is 0. The molecule has 100 valence electrons. The number of nitrogens with zero attached hydrogens (tertiary/aromatic N) is 1. The summed E-state index contributed by atoms with van der Waals surface area (Å²) >= 11 is 3.57. The third-order valence-electron chi connectivity index (χ3n) is 3.68. The molecule has 1 heterocycles. The molecule has 1 aliphatic rings. The van der Waals surface area contributed by atoms with E-state index in [2.05, 4.69) is 58.2 Å². The van der Waals surface area contributed by atoms with Crippen LogP contribution in [-0.2, 0) is 6.42 Å². The minimum Gasteiger partial charge on any atom is -0.370 e. The van der Waals surface area contributed by atoms with Crippen molar-refractivity contribution in [2.24, 2.45) is 0 Å². The number of hydrogen-bond donors (Lipinski definition) is 1. The predicted molar refractivity (Wildman–Crippen MR) is 82.4 cm³/mol. The number of rotatable bonds is 4. The first-order chi connectivity index (χ1) is 8.74. The Morgan fingerprint density at radius 2 is 2.22 bits per heavy atom. The zero-order valence-electron chi connectivity index (χ0n) is 11.4. The molecule has 18 heavy (non-hydrogen) atoms. The highest BCUT2D eigenvalue weighted by atomic mass is 79.9. The topological polar surface area (TPSA) is 15.3 Å². The second-order valence-electron chi connectivity index (χ2n) is 4.97. The number of nitrogens with one attached hydrogen (secondary N) is 1. The molecule has 1 unspecified atom stereocenters. The lowest BCUT2D eigenvalue weighted by molar-refractivity contribution is 0.431. The van der Waals surface area contributed by atoms with Crippen LogP contribution in [0.1, 0.15) is 32.3 Å². The number of piperidine rings is 1. The van der Waals surface area contributed by atoms with E-state index in [4.69, 9.17) is 0 Å². The van der Waals surface area contributed by atoms with Crippen LogP contribution in [0.5, 0.6) is 0 Å². The summed E-state index contributed by atoms with van der Waals surface area (Å²) in [5.41, 5.74) is 2.87. The zero-order valence-corrected chi connectivity index (χ0v) is 13.0. The maximum atomic E-state index is 3.58. The Morgan fingerprint density at radius 1 is 1.39 bits per heavy atom. The molecule has 1 fully saturated rings. The molecule has 1 saturated heterocycles. The molecule has 3 heteroatoms. The van der Waals surface area contributed by atoms with Gasteiger partial charge in [0.2, 0.25) is 0 Å². The smallest absolute Gasteiger partial charge is 0.0399 e. The van der Waals surface area contributed by atoms with E-state index >= 15 is 0 Å². The van der Waals surface area contributed by atoms with Gasteiger partial charge in [-0.15, -0.1) is 0 Å². The second kappa shape index (κ2) is 6.58. The number of benzene rings is 1. The number of likely N-dealkylation sites (N-methyl/N-ethyl adjacent to an activating group) is 1. The van der Waals surface area contributed by atoms with Gasteiger partial charge in [-0.2, -0.15) is 0 Å². The molecule has 1 aliphatic heterocycles. The van der Waals surface area contributed by atoms with Crippen molar-refractivity contribution < 1.29 is 0 Å². The molecule has 0 amide bonds. The molecule has 1 N–H and O–H groups in total. The van der Waals surface area contributed by atoms with Crippen LogP contribution in [0.4, 0.5) is 5.69 Å². The summed E-state index contributed by atoms with van der Waals surface area (Å²) in [6, 6.07) is 7.33. The van der Waals surface area contributed by atoms with E-state index in [1.54, 1.807) is 0 Å². The maximum Gasteiger partial charge on any atom is 0.0399 e. The van der Waals surface area contributed by atoms with Gasteiger partial charge >= 0.3 is 0 Å². The first kappa shape index (κ1) is 13.9. The predicted octanol–water partition coefficient (Wildman–Crippen LogP) is 3.59. The fourth-order valence-electron chi connectivity index (χ4n) is 2.80. The van der Waals surface area contributed by atoms with E-state index in [-0.39, 0.29) is 0 Å². The van der Waals surface area contributed by atoms with Gasteiger partial charge in [0, 0.05) is 29.3 Å². The molecule has 0 radical (unpaired) electrons. The fourth-order valence-corrected chi connectivity index (χ4v) is 3.21. The molecule has 0 saturated carbocycles. The van der Waals surface area contributed by atoms with Crippen molar-refractivity contribution in [2.45, 2.75) is 39.2 Å². The summed E-state index contributed by atoms with van der Waals surface area (Å²) in [5, 5.41) is 3.58. The van der Waals surface area contributed by atoms with Crippen LogP contribution >= 0.6 is 15.9 Å². The lowest BCUT2D eigenvalue weighted by atomic mass is 10.0. The lowest BCUT2D eigenvalue weighted by Crippen LogP contribution is -2.46. The molecule has 1 aromatic carbocycles. The summed E-state index contributed by atoms with van der Waals surface area (Å²) in [6.07, 6.45) is 3.69. The van der Waals surface area contributed by atoms with Crippen molar-refractivity contribution in [3.05, 3.63) is 28.2 Å². The van der Waals surface area contributed by atoms with Gasteiger partial charge in [-0.1, -0.05) is 29.8 Å². The Balaban J connectivity index is 2.15. The van der Waals surface area contributed by atoms with E-state index in [0.29, 0.717) is 6.04 Å². The van der Waals surface area contributed by atoms with Crippen LogP contribution in [-0.4, -0.2) is 25.7 Å². The quantitative estimate of drug-likeness (QED) is 0.914. The number of anilines is 1. The van der Waals surface area contributed by atoms with E-state index in [1.807, 2.05) is 0 Å². The standard InChI is InChI=1S/C15H23BrN2/c1-3-12-10-13(16)7-8-15(12)18-9-5-6-14(11-18)17-4-2/h7-8,10,14,17H,3-6,9,11H2,1-2H3. The van der Waals surface area contributed by atoms with Gasteiger partial charge in [0.25, 0.3) is 0 Å². The molecule has 1 aromatic rings. The maximum absolute atomic E-state index is 3.58. The molecule has 0 aromatic heterocycles. The van der Waals surface area contributed by atoms with Gasteiger partial charge < -0.3 is 10.2 Å². The van der Waals surface area contributed by atoms with Crippen molar-refractivity contribution in [2.75, 3.05) is 24.5 Å². The van der Waals surface area contributed by atoms with Crippen LogP contribution < -0.4 is 10.2 Å². The van der Waals surface area contributed by atoms with Crippen molar-refractivity contribution in [3.63, 3.8) is 0 Å². The Morgan fingerprint density at radius 3 is 2.94 bits per heavy atom. The highest BCUT2D eigenvalue weighted by Gasteiger charge is 2.20. The van der Waals surface area contributed by atoms with Gasteiger partial charge in [0.15, 0.2) is 0 Å². The first-order valence-electron chi connectivity index (χ1n) is 7.01. The van der Waals surface area contributed by atoms with Gasteiger partial charge in [-0.05, 0) is 49.6 Å². The fraction of sp³-hybridized carbons (Fsp3) is 0.600. The third kappa shape index (κ3) is 3.27. The van der Waals surface area contributed by atoms with Crippen LogP contribution in [0.15, 0.2) is 22.7 Å². The minimum absolute atomic E-state index is 0.650. The van der Waals surface area contributed by atoms with Gasteiger partial charge in [-0.25, -0.2) is 0 Å². The summed E-state index contributed by atoms with van der Waals surface area (Å²) in [5.74, 6) is 0. The average molecular weight is 311 g/mol. The number of halogens is 1. The Bertz CT molecular complexity index is 390. The zero-order chi connectivity index (χ0) is 13.0. The minimum atomic E-state index is 0.650. The molecular weight excluding hydrogens is 288 g/mol. The average Bonchev–Trinajstić information content (AvgIpc) is 2.39. The Hall–Kier alpha value is -0.540. The van der Waals surface area contributed by atoms with Crippen LogP contribution in [0, 0.1) is 0 Å².